The van der Waals surface area contributed by atoms with Crippen LogP contribution in [0.4, 0.5) is 0 Å². The zero-order valence-electron chi connectivity index (χ0n) is 21.1. The summed E-state index contributed by atoms with van der Waals surface area (Å²) >= 11 is 0. The van der Waals surface area contributed by atoms with Crippen molar-refractivity contribution in [1.82, 2.24) is 0 Å². The van der Waals surface area contributed by atoms with Gasteiger partial charge in [-0.2, -0.15) is 0 Å². The second kappa shape index (κ2) is 8.72. The van der Waals surface area contributed by atoms with Crippen LogP contribution in [0.1, 0.15) is 119 Å². The molecule has 0 heterocycles. The molecule has 0 spiro atoms. The molecule has 4 rings (SSSR count). The standard InChI is InChI=1S/C29H52O/c1-7-21(19(2)3)9-8-20(4)25-12-13-26-24-11-10-22-18-23(30)14-16-28(22,5)27(24)15-17-29(25,26)6/h19-27,30H,7-18H2,1-6H3/t20-,21-,22-,23+,24?,25-,26?,27?,28+,29-/m1/s1. The third-order valence-corrected chi connectivity index (χ3v) is 11.9. The summed E-state index contributed by atoms with van der Waals surface area (Å²) in [6.07, 6.45) is 16.5. The Morgan fingerprint density at radius 1 is 0.833 bits per heavy atom. The second-order valence-corrected chi connectivity index (χ2v) is 13.3. The van der Waals surface area contributed by atoms with E-state index in [0.29, 0.717) is 10.8 Å². The fraction of sp³-hybridized carbons (Fsp3) is 1.00. The number of aliphatic hydroxyl groups is 1. The molecule has 4 aliphatic carbocycles. The summed E-state index contributed by atoms with van der Waals surface area (Å²) < 4.78 is 0. The molecule has 4 saturated carbocycles. The van der Waals surface area contributed by atoms with Gasteiger partial charge in [0.1, 0.15) is 0 Å². The molecule has 10 atom stereocenters. The highest BCUT2D eigenvalue weighted by atomic mass is 16.3. The minimum atomic E-state index is -0.0111. The minimum absolute atomic E-state index is 0.0111. The van der Waals surface area contributed by atoms with Crippen LogP contribution in [-0.2, 0) is 0 Å². The van der Waals surface area contributed by atoms with E-state index >= 15 is 0 Å². The Labute approximate surface area is 188 Å². The van der Waals surface area contributed by atoms with E-state index in [4.69, 9.17) is 0 Å². The van der Waals surface area contributed by atoms with Crippen LogP contribution < -0.4 is 0 Å². The molecule has 4 aliphatic rings. The van der Waals surface area contributed by atoms with Crippen molar-refractivity contribution in [2.45, 2.75) is 125 Å². The summed E-state index contributed by atoms with van der Waals surface area (Å²) in [5, 5.41) is 10.3. The van der Waals surface area contributed by atoms with Crippen molar-refractivity contribution in [2.75, 3.05) is 0 Å². The van der Waals surface area contributed by atoms with Crippen molar-refractivity contribution in [1.29, 1.82) is 0 Å². The fourth-order valence-electron chi connectivity index (χ4n) is 9.90. The van der Waals surface area contributed by atoms with Gasteiger partial charge in [-0.15, -0.1) is 0 Å². The molecule has 0 aromatic heterocycles. The first kappa shape index (κ1) is 23.1. The average molecular weight is 417 g/mol. The van der Waals surface area contributed by atoms with Crippen molar-refractivity contribution in [3.63, 3.8) is 0 Å². The molecule has 0 aromatic carbocycles. The van der Waals surface area contributed by atoms with E-state index in [9.17, 15) is 5.11 Å². The van der Waals surface area contributed by atoms with Crippen LogP contribution >= 0.6 is 0 Å². The second-order valence-electron chi connectivity index (χ2n) is 13.3. The number of hydrogen-bond acceptors (Lipinski definition) is 1. The Morgan fingerprint density at radius 2 is 1.53 bits per heavy atom. The summed E-state index contributed by atoms with van der Waals surface area (Å²) in [5.74, 6) is 7.34. The highest BCUT2D eigenvalue weighted by Gasteiger charge is 2.60. The number of hydrogen-bond donors (Lipinski definition) is 1. The van der Waals surface area contributed by atoms with Crippen molar-refractivity contribution < 1.29 is 5.11 Å². The molecule has 0 bridgehead atoms. The summed E-state index contributed by atoms with van der Waals surface area (Å²) in [7, 11) is 0. The van der Waals surface area contributed by atoms with E-state index in [1.165, 1.54) is 64.2 Å². The molecule has 1 nitrogen and oxygen atoms in total. The molecule has 0 radical (unpaired) electrons. The largest absolute Gasteiger partial charge is 0.393 e. The topological polar surface area (TPSA) is 20.2 Å². The zero-order valence-corrected chi connectivity index (χ0v) is 21.1. The summed E-state index contributed by atoms with van der Waals surface area (Å²) in [6.45, 7) is 15.2. The van der Waals surface area contributed by atoms with Crippen LogP contribution in [0.2, 0.25) is 0 Å². The lowest BCUT2D eigenvalue weighted by atomic mass is 9.44. The predicted molar refractivity (Wildman–Crippen MR) is 128 cm³/mol. The van der Waals surface area contributed by atoms with E-state index in [1.807, 2.05) is 0 Å². The van der Waals surface area contributed by atoms with Gasteiger partial charge in [0.25, 0.3) is 0 Å². The minimum Gasteiger partial charge on any atom is -0.393 e. The number of fused-ring (bicyclic) bond motifs is 5. The van der Waals surface area contributed by atoms with Crippen molar-refractivity contribution in [2.24, 2.45) is 58.2 Å². The summed E-state index contributed by atoms with van der Waals surface area (Å²) in [4.78, 5) is 0. The van der Waals surface area contributed by atoms with E-state index in [-0.39, 0.29) is 6.10 Å². The van der Waals surface area contributed by atoms with Gasteiger partial charge < -0.3 is 5.11 Å². The normalized spacial score (nSPS) is 48.0. The van der Waals surface area contributed by atoms with Crippen molar-refractivity contribution in [3.05, 3.63) is 0 Å². The molecular weight excluding hydrogens is 364 g/mol. The van der Waals surface area contributed by atoms with Crippen LogP contribution in [0.15, 0.2) is 0 Å². The lowest BCUT2D eigenvalue weighted by Gasteiger charge is -2.61. The van der Waals surface area contributed by atoms with Crippen molar-refractivity contribution in [3.8, 4) is 0 Å². The monoisotopic (exact) mass is 416 g/mol. The van der Waals surface area contributed by atoms with Gasteiger partial charge in [-0.25, -0.2) is 0 Å². The van der Waals surface area contributed by atoms with Crippen LogP contribution in [0.5, 0.6) is 0 Å². The third kappa shape index (κ3) is 3.82. The van der Waals surface area contributed by atoms with E-state index in [0.717, 1.165) is 60.2 Å². The Hall–Kier alpha value is -0.0400. The van der Waals surface area contributed by atoms with Gasteiger partial charge in [-0.3, -0.25) is 0 Å². The average Bonchev–Trinajstić information content (AvgIpc) is 3.06. The summed E-state index contributed by atoms with van der Waals surface area (Å²) in [5.41, 5.74) is 1.14. The molecule has 0 aromatic rings. The van der Waals surface area contributed by atoms with Gasteiger partial charge in [0.15, 0.2) is 0 Å². The van der Waals surface area contributed by atoms with Gasteiger partial charge in [0.05, 0.1) is 6.10 Å². The predicted octanol–water partition coefficient (Wildman–Crippen LogP) is 8.10. The molecule has 174 valence electrons. The number of rotatable bonds is 6. The van der Waals surface area contributed by atoms with E-state index in [1.54, 1.807) is 0 Å². The molecule has 0 amide bonds. The van der Waals surface area contributed by atoms with E-state index in [2.05, 4.69) is 41.5 Å². The molecule has 1 N–H and O–H groups in total. The summed E-state index contributed by atoms with van der Waals surface area (Å²) in [6, 6.07) is 0. The van der Waals surface area contributed by atoms with E-state index < -0.39 is 0 Å². The first-order valence-corrected chi connectivity index (χ1v) is 13.9. The first-order chi connectivity index (χ1) is 14.2. The maximum atomic E-state index is 10.3. The van der Waals surface area contributed by atoms with Gasteiger partial charge >= 0.3 is 0 Å². The first-order valence-electron chi connectivity index (χ1n) is 13.9. The lowest BCUT2D eigenvalue weighted by molar-refractivity contribution is -0.129. The highest BCUT2D eigenvalue weighted by Crippen LogP contribution is 2.68. The maximum absolute atomic E-state index is 10.3. The highest BCUT2D eigenvalue weighted by molar-refractivity contribution is 5.09. The van der Waals surface area contributed by atoms with Gasteiger partial charge in [-0.05, 0) is 122 Å². The molecule has 0 saturated heterocycles. The molecule has 3 unspecified atom stereocenters. The quantitative estimate of drug-likeness (QED) is 0.463. The smallest absolute Gasteiger partial charge is 0.0543 e. The maximum Gasteiger partial charge on any atom is 0.0543 e. The van der Waals surface area contributed by atoms with Crippen LogP contribution in [-0.4, -0.2) is 11.2 Å². The van der Waals surface area contributed by atoms with Crippen LogP contribution in [0.3, 0.4) is 0 Å². The lowest BCUT2D eigenvalue weighted by Crippen LogP contribution is -2.54. The fourth-order valence-corrected chi connectivity index (χ4v) is 9.90. The van der Waals surface area contributed by atoms with Crippen LogP contribution in [0.25, 0.3) is 0 Å². The molecule has 4 fully saturated rings. The molecule has 0 aliphatic heterocycles. The zero-order chi connectivity index (χ0) is 21.7. The Morgan fingerprint density at radius 3 is 2.23 bits per heavy atom. The Bertz CT molecular complexity index is 583. The van der Waals surface area contributed by atoms with Gasteiger partial charge in [0.2, 0.25) is 0 Å². The van der Waals surface area contributed by atoms with Gasteiger partial charge in [0, 0.05) is 0 Å². The number of aliphatic hydroxyl groups excluding tert-OH is 1. The van der Waals surface area contributed by atoms with Crippen molar-refractivity contribution >= 4 is 0 Å². The third-order valence-electron chi connectivity index (χ3n) is 11.9. The Kier molecular flexibility index (Phi) is 6.72. The van der Waals surface area contributed by atoms with Crippen LogP contribution in [0, 0.1) is 58.2 Å². The SMILES string of the molecule is CC[C@H](CC[C@@H](C)[C@H]1CCC2C3CC[C@@H]4C[C@@H](O)CC[C@]4(C)C3CC[C@@]21C)C(C)C. The molecule has 30 heavy (non-hydrogen) atoms. The molecule has 1 heteroatoms. The van der Waals surface area contributed by atoms with Gasteiger partial charge in [-0.1, -0.05) is 54.4 Å². The molecular formula is C29H52O. The Balaban J connectivity index is 1.45.